The van der Waals surface area contributed by atoms with Gasteiger partial charge in [0.15, 0.2) is 0 Å². The molecule has 2 amide bonds. The summed E-state index contributed by atoms with van der Waals surface area (Å²) in [7, 11) is 0. The molecule has 27 heavy (non-hydrogen) atoms. The molecule has 0 bridgehead atoms. The second-order valence-corrected chi connectivity index (χ2v) is 7.53. The van der Waals surface area contributed by atoms with Gasteiger partial charge in [0.1, 0.15) is 5.56 Å². The van der Waals surface area contributed by atoms with Gasteiger partial charge >= 0.3 is 0 Å². The minimum Gasteiger partial charge on any atom is -0.322 e. The van der Waals surface area contributed by atoms with Crippen molar-refractivity contribution in [2.45, 2.75) is 27.2 Å². The number of nitrogens with one attached hydrogen (secondary N) is 1. The number of nitro groups is 1. The first-order valence-electron chi connectivity index (χ1n) is 8.68. The van der Waals surface area contributed by atoms with Gasteiger partial charge in [0, 0.05) is 29.4 Å². The van der Waals surface area contributed by atoms with Crippen molar-refractivity contribution in [1.29, 1.82) is 0 Å². The summed E-state index contributed by atoms with van der Waals surface area (Å²) in [5.41, 5.74) is 1.65. The highest BCUT2D eigenvalue weighted by Crippen LogP contribution is 2.34. The average Bonchev–Trinajstić information content (AvgIpc) is 3.03. The zero-order chi connectivity index (χ0) is 19.8. The molecular formula is C20H21N3O4. The van der Waals surface area contributed by atoms with Crippen LogP contribution in [0.2, 0.25) is 0 Å². The summed E-state index contributed by atoms with van der Waals surface area (Å²) < 4.78 is 0. The predicted molar refractivity (Wildman–Crippen MR) is 103 cm³/mol. The summed E-state index contributed by atoms with van der Waals surface area (Å²) in [6.45, 7) is 6.26. The zero-order valence-corrected chi connectivity index (χ0v) is 15.5. The van der Waals surface area contributed by atoms with Crippen molar-refractivity contribution < 1.29 is 14.5 Å². The number of hydrogen-bond donors (Lipinski definition) is 1. The maximum Gasteiger partial charge on any atom is 0.282 e. The number of amides is 2. The van der Waals surface area contributed by atoms with Crippen LogP contribution in [0, 0.1) is 15.5 Å². The molecule has 0 saturated heterocycles. The number of rotatable bonds is 3. The van der Waals surface area contributed by atoms with Crippen LogP contribution in [-0.4, -0.2) is 23.3 Å². The molecule has 0 saturated carbocycles. The Labute approximate surface area is 157 Å². The van der Waals surface area contributed by atoms with Gasteiger partial charge in [-0.05, 0) is 36.2 Å². The second-order valence-electron chi connectivity index (χ2n) is 7.53. The fourth-order valence-electron chi connectivity index (χ4n) is 3.12. The average molecular weight is 367 g/mol. The molecule has 2 aromatic rings. The van der Waals surface area contributed by atoms with Gasteiger partial charge in [0.05, 0.1) is 4.92 Å². The third-order valence-corrected chi connectivity index (χ3v) is 4.47. The lowest BCUT2D eigenvalue weighted by atomic mass is 9.94. The molecule has 7 heteroatoms. The van der Waals surface area contributed by atoms with Crippen LogP contribution >= 0.6 is 0 Å². The van der Waals surface area contributed by atoms with E-state index in [1.807, 2.05) is 26.8 Å². The summed E-state index contributed by atoms with van der Waals surface area (Å²) in [5, 5.41) is 13.8. The fourth-order valence-corrected chi connectivity index (χ4v) is 3.12. The molecule has 1 aliphatic heterocycles. The lowest BCUT2D eigenvalue weighted by Crippen LogP contribution is -2.38. The Morgan fingerprint density at radius 3 is 2.52 bits per heavy atom. The van der Waals surface area contributed by atoms with Crippen LogP contribution in [0.5, 0.6) is 0 Å². The lowest BCUT2D eigenvalue weighted by Gasteiger charge is -2.26. The van der Waals surface area contributed by atoms with E-state index in [2.05, 4.69) is 5.32 Å². The maximum atomic E-state index is 12.6. The van der Waals surface area contributed by atoms with E-state index in [1.54, 1.807) is 23.1 Å². The summed E-state index contributed by atoms with van der Waals surface area (Å²) in [6.07, 6.45) is 0.701. The van der Waals surface area contributed by atoms with E-state index >= 15 is 0 Å². The Bertz CT molecular complexity index is 931. The Kier molecular flexibility index (Phi) is 4.70. The molecule has 0 atom stereocenters. The largest absolute Gasteiger partial charge is 0.322 e. The first-order chi connectivity index (χ1) is 12.7. The Balaban J connectivity index is 1.82. The molecule has 0 spiro atoms. The topological polar surface area (TPSA) is 92.6 Å². The molecule has 1 aliphatic rings. The van der Waals surface area contributed by atoms with Gasteiger partial charge in [0.25, 0.3) is 11.6 Å². The van der Waals surface area contributed by atoms with Crippen LogP contribution in [0.15, 0.2) is 42.5 Å². The smallest absolute Gasteiger partial charge is 0.282 e. The van der Waals surface area contributed by atoms with E-state index in [4.69, 9.17) is 0 Å². The van der Waals surface area contributed by atoms with Gasteiger partial charge in [-0.15, -0.1) is 0 Å². The number of nitrogens with zero attached hydrogens (tertiary/aromatic N) is 2. The van der Waals surface area contributed by atoms with Crippen molar-refractivity contribution in [3.63, 3.8) is 0 Å². The van der Waals surface area contributed by atoms with E-state index in [0.29, 0.717) is 18.7 Å². The zero-order valence-electron chi connectivity index (χ0n) is 15.5. The number of hydrogen-bond acceptors (Lipinski definition) is 4. The standard InChI is InChI=1S/C20H21N3O4/c1-20(2,3)19(25)22-11-10-13-12-14(8-9-16(13)22)21-18(24)15-6-4-5-7-17(15)23(26)27/h4-9,12H,10-11H2,1-3H3,(H,21,24). The molecular weight excluding hydrogens is 346 g/mol. The quantitative estimate of drug-likeness (QED) is 0.660. The highest BCUT2D eigenvalue weighted by molar-refractivity contribution is 6.07. The molecule has 2 aromatic carbocycles. The molecule has 0 radical (unpaired) electrons. The van der Waals surface area contributed by atoms with E-state index in [9.17, 15) is 19.7 Å². The SMILES string of the molecule is CC(C)(C)C(=O)N1CCc2cc(NC(=O)c3ccccc3[N+](=O)[O-])ccc21. The monoisotopic (exact) mass is 367 g/mol. The Morgan fingerprint density at radius 1 is 1.15 bits per heavy atom. The highest BCUT2D eigenvalue weighted by atomic mass is 16.6. The minimum absolute atomic E-state index is 0.00698. The molecule has 7 nitrogen and oxygen atoms in total. The molecule has 1 heterocycles. The van der Waals surface area contributed by atoms with E-state index in [-0.39, 0.29) is 17.2 Å². The van der Waals surface area contributed by atoms with Crippen molar-refractivity contribution in [2.75, 3.05) is 16.8 Å². The van der Waals surface area contributed by atoms with Crippen LogP contribution in [0.3, 0.4) is 0 Å². The molecule has 140 valence electrons. The third kappa shape index (κ3) is 3.67. The van der Waals surface area contributed by atoms with Crippen molar-refractivity contribution in [1.82, 2.24) is 0 Å². The van der Waals surface area contributed by atoms with E-state index in [0.717, 1.165) is 11.3 Å². The number of benzene rings is 2. The molecule has 0 aliphatic carbocycles. The number of fused-ring (bicyclic) bond motifs is 1. The van der Waals surface area contributed by atoms with Gasteiger partial charge in [0.2, 0.25) is 5.91 Å². The van der Waals surface area contributed by atoms with Crippen LogP contribution in [-0.2, 0) is 11.2 Å². The van der Waals surface area contributed by atoms with Crippen molar-refractivity contribution >= 4 is 28.9 Å². The molecule has 0 fully saturated rings. The highest BCUT2D eigenvalue weighted by Gasteiger charge is 2.32. The lowest BCUT2D eigenvalue weighted by molar-refractivity contribution is -0.385. The summed E-state index contributed by atoms with van der Waals surface area (Å²) in [6, 6.07) is 11.2. The molecule has 0 aromatic heterocycles. The Hall–Kier alpha value is -3.22. The molecule has 1 N–H and O–H groups in total. The number of anilines is 2. The summed E-state index contributed by atoms with van der Waals surface area (Å²) >= 11 is 0. The van der Waals surface area contributed by atoms with Gasteiger partial charge in [-0.3, -0.25) is 19.7 Å². The third-order valence-electron chi connectivity index (χ3n) is 4.47. The minimum atomic E-state index is -0.576. The Morgan fingerprint density at radius 2 is 1.85 bits per heavy atom. The number of para-hydroxylation sites is 1. The van der Waals surface area contributed by atoms with Gasteiger partial charge < -0.3 is 10.2 Å². The maximum absolute atomic E-state index is 12.6. The van der Waals surface area contributed by atoms with Gasteiger partial charge in [-0.25, -0.2) is 0 Å². The summed E-state index contributed by atoms with van der Waals surface area (Å²) in [4.78, 5) is 37.3. The predicted octanol–water partition coefficient (Wildman–Crippen LogP) is 3.78. The molecule has 0 unspecified atom stereocenters. The number of nitro benzene ring substituents is 1. The van der Waals surface area contributed by atoms with Crippen LogP contribution in [0.25, 0.3) is 0 Å². The van der Waals surface area contributed by atoms with E-state index < -0.39 is 16.2 Å². The number of carbonyl (C=O) groups excluding carboxylic acids is 2. The van der Waals surface area contributed by atoms with Gasteiger partial charge in [-0.1, -0.05) is 32.9 Å². The first-order valence-corrected chi connectivity index (χ1v) is 8.68. The fraction of sp³-hybridized carbons (Fsp3) is 0.300. The van der Waals surface area contributed by atoms with Crippen molar-refractivity contribution in [3.05, 3.63) is 63.7 Å². The van der Waals surface area contributed by atoms with Crippen molar-refractivity contribution in [2.24, 2.45) is 5.41 Å². The van der Waals surface area contributed by atoms with E-state index in [1.165, 1.54) is 18.2 Å². The van der Waals surface area contributed by atoms with Crippen molar-refractivity contribution in [3.8, 4) is 0 Å². The van der Waals surface area contributed by atoms with Crippen LogP contribution < -0.4 is 10.2 Å². The van der Waals surface area contributed by atoms with Crippen LogP contribution in [0.4, 0.5) is 17.1 Å². The van der Waals surface area contributed by atoms with Gasteiger partial charge in [-0.2, -0.15) is 0 Å². The second kappa shape index (κ2) is 6.83. The summed E-state index contributed by atoms with van der Waals surface area (Å²) in [5.74, 6) is -0.485. The number of carbonyl (C=O) groups is 2. The first kappa shape index (κ1) is 18.6. The normalized spacial score (nSPS) is 13.2. The van der Waals surface area contributed by atoms with Crippen LogP contribution in [0.1, 0.15) is 36.7 Å². The molecule has 3 rings (SSSR count).